The van der Waals surface area contributed by atoms with Gasteiger partial charge >= 0.3 is 6.09 Å². The molecule has 1 aromatic heterocycles. The van der Waals surface area contributed by atoms with Crippen molar-refractivity contribution >= 4 is 12.0 Å². The van der Waals surface area contributed by atoms with Crippen LogP contribution in [-0.2, 0) is 4.74 Å². The quantitative estimate of drug-likeness (QED) is 0.770. The average molecular weight is 263 g/mol. The molecule has 1 amide bonds. The van der Waals surface area contributed by atoms with Crippen molar-refractivity contribution in [3.05, 3.63) is 18.0 Å². The predicted molar refractivity (Wildman–Crippen MR) is 70.6 cm³/mol. The van der Waals surface area contributed by atoms with Crippen molar-refractivity contribution in [2.75, 3.05) is 18.6 Å². The Morgan fingerprint density at radius 3 is 2.47 bits per heavy atom. The molecule has 0 spiro atoms. The maximum Gasteiger partial charge on any atom is 0.416 e. The highest BCUT2D eigenvalue weighted by atomic mass is 16.6. The molecule has 0 aliphatic heterocycles. The van der Waals surface area contributed by atoms with E-state index in [1.807, 2.05) is 0 Å². The lowest BCUT2D eigenvalue weighted by Crippen LogP contribution is -2.35. The van der Waals surface area contributed by atoms with E-state index < -0.39 is 11.7 Å². The van der Waals surface area contributed by atoms with Gasteiger partial charge in [0, 0.05) is 19.4 Å². The first kappa shape index (κ1) is 14.9. The molecule has 0 atom stereocenters. The Balaban J connectivity index is 2.78. The number of anilines is 1. The Hall–Kier alpha value is -2.13. The van der Waals surface area contributed by atoms with Crippen molar-refractivity contribution in [3.8, 4) is 11.8 Å². The molecule has 6 heteroatoms. The van der Waals surface area contributed by atoms with Crippen LogP contribution in [0.1, 0.15) is 26.3 Å². The van der Waals surface area contributed by atoms with Crippen LogP contribution in [0.15, 0.2) is 12.4 Å². The molecule has 19 heavy (non-hydrogen) atoms. The minimum atomic E-state index is -0.572. The third-order valence-corrected chi connectivity index (χ3v) is 1.92. The smallest absolute Gasteiger partial charge is 0.416 e. The summed E-state index contributed by atoms with van der Waals surface area (Å²) >= 11 is 0. The number of hydrogen-bond donors (Lipinski definition) is 1. The number of carbonyl (C=O) groups excluding carboxylic acids is 1. The first-order valence-corrected chi connectivity index (χ1v) is 5.72. The van der Waals surface area contributed by atoms with Crippen LogP contribution in [0.25, 0.3) is 0 Å². The highest BCUT2D eigenvalue weighted by molar-refractivity contribution is 5.84. The lowest BCUT2D eigenvalue weighted by molar-refractivity contribution is 0.0587. The number of aliphatic hydroxyl groups is 1. The number of carbonyl (C=O) groups is 1. The number of nitrogens with zero attached hydrogens (tertiary/aromatic N) is 3. The lowest BCUT2D eigenvalue weighted by Gasteiger charge is -2.23. The van der Waals surface area contributed by atoms with Crippen LogP contribution in [0.3, 0.4) is 0 Å². The highest BCUT2D eigenvalue weighted by Crippen LogP contribution is 2.12. The first-order valence-electron chi connectivity index (χ1n) is 5.72. The number of rotatable bonds is 1. The lowest BCUT2D eigenvalue weighted by atomic mass is 10.2. The molecule has 0 radical (unpaired) electrons. The predicted octanol–water partition coefficient (Wildman–Crippen LogP) is 1.19. The van der Waals surface area contributed by atoms with Gasteiger partial charge in [-0.1, -0.05) is 11.8 Å². The molecule has 0 unspecified atom stereocenters. The summed E-state index contributed by atoms with van der Waals surface area (Å²) in [6.07, 6.45) is 2.43. The summed E-state index contributed by atoms with van der Waals surface area (Å²) in [5, 5.41) is 8.57. The Bertz CT molecular complexity index is 495. The van der Waals surface area contributed by atoms with E-state index in [1.165, 1.54) is 24.3 Å². The minimum absolute atomic E-state index is 0.223. The maximum atomic E-state index is 11.8. The number of ether oxygens (including phenoxy) is 1. The van der Waals surface area contributed by atoms with E-state index in [1.54, 1.807) is 20.8 Å². The van der Waals surface area contributed by atoms with Gasteiger partial charge in [-0.05, 0) is 20.8 Å². The van der Waals surface area contributed by atoms with Gasteiger partial charge < -0.3 is 9.84 Å². The fourth-order valence-electron chi connectivity index (χ4n) is 1.11. The third-order valence-electron chi connectivity index (χ3n) is 1.92. The fraction of sp³-hybridized carbons (Fsp3) is 0.462. The largest absolute Gasteiger partial charge is 0.443 e. The summed E-state index contributed by atoms with van der Waals surface area (Å²) in [4.78, 5) is 21.0. The van der Waals surface area contributed by atoms with Crippen molar-refractivity contribution in [3.63, 3.8) is 0 Å². The third kappa shape index (κ3) is 4.94. The molecule has 1 heterocycles. The summed E-state index contributed by atoms with van der Waals surface area (Å²) in [7, 11) is 1.53. The van der Waals surface area contributed by atoms with E-state index in [9.17, 15) is 4.79 Å². The van der Waals surface area contributed by atoms with Crippen molar-refractivity contribution in [1.29, 1.82) is 0 Å². The molecular weight excluding hydrogens is 246 g/mol. The van der Waals surface area contributed by atoms with Gasteiger partial charge in [-0.25, -0.2) is 19.7 Å². The SMILES string of the molecule is CN(C(=O)OC(C)(C)C)c1ncc(C#CCO)cn1. The van der Waals surface area contributed by atoms with Crippen molar-refractivity contribution in [2.45, 2.75) is 26.4 Å². The summed E-state index contributed by atoms with van der Waals surface area (Å²) < 4.78 is 5.20. The van der Waals surface area contributed by atoms with E-state index in [-0.39, 0.29) is 12.6 Å². The van der Waals surface area contributed by atoms with Crippen LogP contribution < -0.4 is 4.90 Å². The van der Waals surface area contributed by atoms with Gasteiger partial charge in [0.05, 0.1) is 5.56 Å². The van der Waals surface area contributed by atoms with Crippen molar-refractivity contribution in [2.24, 2.45) is 0 Å². The molecule has 0 aromatic carbocycles. The normalized spacial score (nSPS) is 10.4. The van der Waals surface area contributed by atoms with Crippen LogP contribution in [-0.4, -0.2) is 40.4 Å². The molecular formula is C13H17N3O3. The molecule has 0 bridgehead atoms. The number of aliphatic hydroxyl groups excluding tert-OH is 1. The summed E-state index contributed by atoms with van der Waals surface area (Å²) in [6, 6.07) is 0. The van der Waals surface area contributed by atoms with Crippen LogP contribution in [0, 0.1) is 11.8 Å². The molecule has 0 saturated heterocycles. The molecule has 1 aromatic rings. The topological polar surface area (TPSA) is 75.6 Å². The van der Waals surface area contributed by atoms with Gasteiger partial charge in [-0.2, -0.15) is 0 Å². The molecule has 0 aliphatic rings. The van der Waals surface area contributed by atoms with Gasteiger partial charge in [0.1, 0.15) is 12.2 Å². The van der Waals surface area contributed by atoms with Crippen LogP contribution >= 0.6 is 0 Å². The number of hydrogen-bond acceptors (Lipinski definition) is 5. The van der Waals surface area contributed by atoms with E-state index >= 15 is 0 Å². The second-order valence-electron chi connectivity index (χ2n) is 4.77. The Labute approximate surface area is 112 Å². The van der Waals surface area contributed by atoms with Crippen LogP contribution in [0.2, 0.25) is 0 Å². The molecule has 1 rings (SSSR count). The Morgan fingerprint density at radius 2 is 2.00 bits per heavy atom. The molecule has 0 fully saturated rings. The molecule has 0 saturated carbocycles. The number of amides is 1. The van der Waals surface area contributed by atoms with Gasteiger partial charge in [-0.3, -0.25) is 0 Å². The fourth-order valence-corrected chi connectivity index (χ4v) is 1.11. The second-order valence-corrected chi connectivity index (χ2v) is 4.77. The molecule has 0 aliphatic carbocycles. The van der Waals surface area contributed by atoms with E-state index in [4.69, 9.17) is 9.84 Å². The second kappa shape index (κ2) is 6.16. The summed E-state index contributed by atoms with van der Waals surface area (Å²) in [5.74, 6) is 5.38. The van der Waals surface area contributed by atoms with Gasteiger partial charge in [0.25, 0.3) is 0 Å². The van der Waals surface area contributed by atoms with Gasteiger partial charge in [0.2, 0.25) is 5.95 Å². The summed E-state index contributed by atoms with van der Waals surface area (Å²) in [6.45, 7) is 5.13. The molecule has 1 N–H and O–H groups in total. The maximum absolute atomic E-state index is 11.8. The first-order chi connectivity index (χ1) is 8.83. The van der Waals surface area contributed by atoms with E-state index in [0.717, 1.165) is 0 Å². The zero-order valence-corrected chi connectivity index (χ0v) is 11.5. The van der Waals surface area contributed by atoms with Crippen molar-refractivity contribution < 1.29 is 14.6 Å². The monoisotopic (exact) mass is 263 g/mol. The number of aromatic nitrogens is 2. The minimum Gasteiger partial charge on any atom is -0.443 e. The zero-order valence-electron chi connectivity index (χ0n) is 11.5. The van der Waals surface area contributed by atoms with E-state index in [0.29, 0.717) is 5.56 Å². The highest BCUT2D eigenvalue weighted by Gasteiger charge is 2.21. The van der Waals surface area contributed by atoms with Crippen molar-refractivity contribution in [1.82, 2.24) is 9.97 Å². The standard InChI is InChI=1S/C13H17N3O3/c1-13(2,3)19-12(18)16(4)11-14-8-10(9-15-11)6-5-7-17/h8-9,17H,7H2,1-4H3. The van der Waals surface area contributed by atoms with Crippen LogP contribution in [0.4, 0.5) is 10.7 Å². The van der Waals surface area contributed by atoms with Gasteiger partial charge in [-0.15, -0.1) is 0 Å². The molecule has 6 nitrogen and oxygen atoms in total. The van der Waals surface area contributed by atoms with Gasteiger partial charge in [0.15, 0.2) is 0 Å². The molecule has 102 valence electrons. The van der Waals surface area contributed by atoms with E-state index in [2.05, 4.69) is 21.8 Å². The summed E-state index contributed by atoms with van der Waals surface area (Å²) in [5.41, 5.74) is -0.00637. The zero-order chi connectivity index (χ0) is 14.5. The Morgan fingerprint density at radius 1 is 1.42 bits per heavy atom. The Kier molecular flexibility index (Phi) is 4.84. The van der Waals surface area contributed by atoms with Crippen LogP contribution in [0.5, 0.6) is 0 Å². The average Bonchev–Trinajstić information content (AvgIpc) is 2.34.